The minimum absolute atomic E-state index is 0.0709. The molecule has 3 N–H and O–H groups in total. The molecule has 2 atom stereocenters. The predicted octanol–water partition coefficient (Wildman–Crippen LogP) is 2.36. The maximum Gasteiger partial charge on any atom is 0.221 e. The van der Waals surface area contributed by atoms with Crippen molar-refractivity contribution < 1.29 is 9.90 Å². The second-order valence-corrected chi connectivity index (χ2v) is 4.86. The average molecular weight is 248 g/mol. The summed E-state index contributed by atoms with van der Waals surface area (Å²) in [6.07, 6.45) is 3.91. The number of carbonyl (C=O) groups is 1. The van der Waals surface area contributed by atoms with Gasteiger partial charge in [0.1, 0.15) is 0 Å². The molecule has 0 aromatic heterocycles. The quantitative estimate of drug-likeness (QED) is 0.769. The Morgan fingerprint density at radius 2 is 1.78 bits per heavy atom. The average Bonchev–Trinajstić information content (AvgIpc) is 2.34. The first-order valence-corrected chi connectivity index (χ1v) is 6.47. The number of hydrogen-bond acceptors (Lipinski definition) is 3. The summed E-state index contributed by atoms with van der Waals surface area (Å²) in [6.45, 7) is 1.49. The Bertz CT molecular complexity index is 403. The zero-order valence-corrected chi connectivity index (χ0v) is 10.6. The molecule has 1 amide bonds. The van der Waals surface area contributed by atoms with E-state index in [2.05, 4.69) is 10.6 Å². The van der Waals surface area contributed by atoms with Gasteiger partial charge < -0.3 is 15.7 Å². The highest BCUT2D eigenvalue weighted by molar-refractivity contribution is 5.88. The van der Waals surface area contributed by atoms with E-state index in [1.165, 1.54) is 13.3 Å². The second-order valence-electron chi connectivity index (χ2n) is 4.86. The first kappa shape index (κ1) is 12.9. The van der Waals surface area contributed by atoms with Crippen molar-refractivity contribution in [3.63, 3.8) is 0 Å². The number of amides is 1. The van der Waals surface area contributed by atoms with Crippen molar-refractivity contribution in [3.05, 3.63) is 24.3 Å². The molecule has 1 aromatic rings. The van der Waals surface area contributed by atoms with Gasteiger partial charge in [0.2, 0.25) is 5.91 Å². The van der Waals surface area contributed by atoms with Crippen molar-refractivity contribution in [2.45, 2.75) is 44.8 Å². The fourth-order valence-corrected chi connectivity index (χ4v) is 2.35. The highest BCUT2D eigenvalue weighted by Gasteiger charge is 2.22. The highest BCUT2D eigenvalue weighted by atomic mass is 16.3. The van der Waals surface area contributed by atoms with E-state index < -0.39 is 0 Å². The van der Waals surface area contributed by atoms with Crippen LogP contribution in [0.25, 0.3) is 0 Å². The lowest BCUT2D eigenvalue weighted by molar-refractivity contribution is -0.114. The SMILES string of the molecule is CC(=O)Nc1ccc(NC2CCCCC2O)cc1. The van der Waals surface area contributed by atoms with Crippen molar-refractivity contribution in [2.24, 2.45) is 0 Å². The molecule has 0 aliphatic heterocycles. The van der Waals surface area contributed by atoms with Gasteiger partial charge in [0, 0.05) is 18.3 Å². The number of aliphatic hydroxyl groups excluding tert-OH is 1. The Labute approximate surface area is 107 Å². The molecule has 98 valence electrons. The molecule has 1 saturated carbocycles. The van der Waals surface area contributed by atoms with E-state index in [0.29, 0.717) is 0 Å². The Balaban J connectivity index is 1.95. The van der Waals surface area contributed by atoms with Crippen molar-refractivity contribution in [1.29, 1.82) is 0 Å². The van der Waals surface area contributed by atoms with Gasteiger partial charge in [-0.05, 0) is 37.1 Å². The van der Waals surface area contributed by atoms with Gasteiger partial charge >= 0.3 is 0 Å². The molecule has 0 heterocycles. The van der Waals surface area contributed by atoms with Crippen LogP contribution in [0.4, 0.5) is 11.4 Å². The van der Waals surface area contributed by atoms with Crippen LogP contribution in [0, 0.1) is 0 Å². The molecule has 0 spiro atoms. The summed E-state index contributed by atoms with van der Waals surface area (Å²) < 4.78 is 0. The van der Waals surface area contributed by atoms with Crippen LogP contribution >= 0.6 is 0 Å². The Hall–Kier alpha value is -1.55. The Morgan fingerprint density at radius 3 is 2.39 bits per heavy atom. The first-order valence-electron chi connectivity index (χ1n) is 6.47. The zero-order valence-electron chi connectivity index (χ0n) is 10.6. The van der Waals surface area contributed by atoms with Crippen molar-refractivity contribution in [1.82, 2.24) is 0 Å². The predicted molar refractivity (Wildman–Crippen MR) is 72.6 cm³/mol. The number of carbonyl (C=O) groups excluding carboxylic acids is 1. The van der Waals surface area contributed by atoms with Crippen molar-refractivity contribution in [2.75, 3.05) is 10.6 Å². The maximum atomic E-state index is 10.9. The summed E-state index contributed by atoms with van der Waals surface area (Å²) in [7, 11) is 0. The minimum atomic E-state index is -0.256. The molecule has 2 unspecified atom stereocenters. The van der Waals surface area contributed by atoms with Gasteiger partial charge in [-0.15, -0.1) is 0 Å². The molecule has 0 saturated heterocycles. The molecule has 1 fully saturated rings. The largest absolute Gasteiger partial charge is 0.391 e. The third kappa shape index (κ3) is 3.47. The van der Waals surface area contributed by atoms with Gasteiger partial charge in [0.05, 0.1) is 12.1 Å². The molecule has 0 radical (unpaired) electrons. The molecule has 1 aromatic carbocycles. The molecule has 1 aliphatic carbocycles. The van der Waals surface area contributed by atoms with Gasteiger partial charge in [-0.2, -0.15) is 0 Å². The molecule has 4 nitrogen and oxygen atoms in total. The van der Waals surface area contributed by atoms with Crippen LogP contribution in [-0.2, 0) is 4.79 Å². The van der Waals surface area contributed by atoms with Crippen molar-refractivity contribution >= 4 is 17.3 Å². The lowest BCUT2D eigenvalue weighted by Gasteiger charge is -2.29. The topological polar surface area (TPSA) is 61.4 Å². The molecule has 2 rings (SSSR count). The molecule has 18 heavy (non-hydrogen) atoms. The summed E-state index contributed by atoms with van der Waals surface area (Å²) in [6, 6.07) is 7.71. The fourth-order valence-electron chi connectivity index (χ4n) is 2.35. The van der Waals surface area contributed by atoms with E-state index in [1.807, 2.05) is 24.3 Å². The zero-order chi connectivity index (χ0) is 13.0. The minimum Gasteiger partial charge on any atom is -0.391 e. The normalized spacial score (nSPS) is 23.4. The van der Waals surface area contributed by atoms with Crippen LogP contribution in [0.2, 0.25) is 0 Å². The summed E-state index contributed by atoms with van der Waals surface area (Å²) in [5.41, 5.74) is 1.77. The first-order chi connectivity index (χ1) is 8.65. The number of anilines is 2. The highest BCUT2D eigenvalue weighted by Crippen LogP contribution is 2.23. The number of aliphatic hydroxyl groups is 1. The summed E-state index contributed by atoms with van der Waals surface area (Å²) in [5, 5.41) is 16.0. The Kier molecular flexibility index (Phi) is 4.20. The maximum absolute atomic E-state index is 10.9. The van der Waals surface area contributed by atoms with Crippen LogP contribution in [0.15, 0.2) is 24.3 Å². The summed E-state index contributed by atoms with van der Waals surface area (Å²) in [4.78, 5) is 10.9. The van der Waals surface area contributed by atoms with E-state index in [1.54, 1.807) is 0 Å². The van der Waals surface area contributed by atoms with Gasteiger partial charge in [-0.3, -0.25) is 4.79 Å². The van der Waals surface area contributed by atoms with Gasteiger partial charge in [0.25, 0.3) is 0 Å². The van der Waals surface area contributed by atoms with Crippen LogP contribution < -0.4 is 10.6 Å². The second kappa shape index (κ2) is 5.87. The van der Waals surface area contributed by atoms with Crippen LogP contribution in [-0.4, -0.2) is 23.2 Å². The van der Waals surface area contributed by atoms with Crippen LogP contribution in [0.5, 0.6) is 0 Å². The fraction of sp³-hybridized carbons (Fsp3) is 0.500. The number of hydrogen-bond donors (Lipinski definition) is 3. The third-order valence-electron chi connectivity index (χ3n) is 3.29. The lowest BCUT2D eigenvalue weighted by atomic mass is 9.92. The van der Waals surface area contributed by atoms with Gasteiger partial charge in [-0.25, -0.2) is 0 Å². The van der Waals surface area contributed by atoms with Gasteiger partial charge in [0.15, 0.2) is 0 Å². The summed E-state index contributed by atoms with van der Waals surface area (Å²) >= 11 is 0. The van der Waals surface area contributed by atoms with E-state index in [9.17, 15) is 9.90 Å². The third-order valence-corrected chi connectivity index (χ3v) is 3.29. The molecule has 0 bridgehead atoms. The van der Waals surface area contributed by atoms with E-state index >= 15 is 0 Å². The molecular weight excluding hydrogens is 228 g/mol. The van der Waals surface area contributed by atoms with Crippen LogP contribution in [0.1, 0.15) is 32.6 Å². The number of nitrogens with one attached hydrogen (secondary N) is 2. The van der Waals surface area contributed by atoms with Gasteiger partial charge in [-0.1, -0.05) is 12.8 Å². The number of benzene rings is 1. The molecular formula is C14H20N2O2. The van der Waals surface area contributed by atoms with E-state index in [0.717, 1.165) is 30.6 Å². The standard InChI is InChI=1S/C14H20N2O2/c1-10(17)15-11-6-8-12(9-7-11)16-13-4-2-3-5-14(13)18/h6-9,13-14,16,18H,2-5H2,1H3,(H,15,17). The Morgan fingerprint density at radius 1 is 1.17 bits per heavy atom. The lowest BCUT2D eigenvalue weighted by Crippen LogP contribution is -2.36. The van der Waals surface area contributed by atoms with Crippen LogP contribution in [0.3, 0.4) is 0 Å². The van der Waals surface area contributed by atoms with E-state index in [4.69, 9.17) is 0 Å². The summed E-state index contributed by atoms with van der Waals surface area (Å²) in [5.74, 6) is -0.0709. The van der Waals surface area contributed by atoms with E-state index in [-0.39, 0.29) is 18.1 Å². The molecule has 4 heteroatoms. The molecule has 1 aliphatic rings. The number of rotatable bonds is 3. The van der Waals surface area contributed by atoms with Crippen molar-refractivity contribution in [3.8, 4) is 0 Å². The monoisotopic (exact) mass is 248 g/mol. The smallest absolute Gasteiger partial charge is 0.221 e.